The molecule has 0 aliphatic heterocycles. The number of halogens is 1. The summed E-state index contributed by atoms with van der Waals surface area (Å²) in [6.45, 7) is 6.83. The standard InChI is InChI=1S/C29H30ClN3O3/c1-19-13-14-26(20(2)17-19)33-27(31-25-12-6-5-11-24(25)29(33)35)21(3)32(15-8-16-36-4)28(34)22-9-7-10-23(30)18-22/h5-7,9-14,17-18,21H,8,15-16H2,1-4H3. The predicted molar refractivity (Wildman–Crippen MR) is 144 cm³/mol. The van der Waals surface area contributed by atoms with Crippen LogP contribution >= 0.6 is 11.6 Å². The highest BCUT2D eigenvalue weighted by Gasteiger charge is 2.28. The highest BCUT2D eigenvalue weighted by molar-refractivity contribution is 6.30. The predicted octanol–water partition coefficient (Wildman–Crippen LogP) is 5.90. The molecular formula is C29H30ClN3O3. The normalized spacial score (nSPS) is 12.0. The van der Waals surface area contributed by atoms with Crippen molar-refractivity contribution in [3.63, 3.8) is 0 Å². The Morgan fingerprint density at radius 2 is 1.86 bits per heavy atom. The quantitative estimate of drug-likeness (QED) is 0.281. The maximum absolute atomic E-state index is 13.8. The molecule has 7 heteroatoms. The van der Waals surface area contributed by atoms with Crippen molar-refractivity contribution in [2.75, 3.05) is 20.3 Å². The number of nitrogens with zero attached hydrogens (tertiary/aromatic N) is 3. The van der Waals surface area contributed by atoms with Crippen LogP contribution in [-0.4, -0.2) is 40.6 Å². The van der Waals surface area contributed by atoms with E-state index in [4.69, 9.17) is 21.3 Å². The third kappa shape index (κ3) is 5.20. The zero-order valence-corrected chi connectivity index (χ0v) is 21.7. The van der Waals surface area contributed by atoms with E-state index < -0.39 is 6.04 Å². The summed E-state index contributed by atoms with van der Waals surface area (Å²) in [4.78, 5) is 34.2. The number of carbonyl (C=O) groups excluding carboxylic acids is 1. The number of aryl methyl sites for hydroxylation is 2. The summed E-state index contributed by atoms with van der Waals surface area (Å²) in [5.74, 6) is 0.314. The SMILES string of the molecule is COCCCN(C(=O)c1cccc(Cl)c1)C(C)c1nc2ccccc2c(=O)n1-c1ccc(C)cc1C. The van der Waals surface area contributed by atoms with Crippen molar-refractivity contribution in [1.82, 2.24) is 14.5 Å². The van der Waals surface area contributed by atoms with Gasteiger partial charge in [-0.3, -0.25) is 14.2 Å². The van der Waals surface area contributed by atoms with E-state index in [1.165, 1.54) is 0 Å². The minimum Gasteiger partial charge on any atom is -0.385 e. The molecule has 0 aliphatic carbocycles. The van der Waals surface area contributed by atoms with Crippen molar-refractivity contribution >= 4 is 28.4 Å². The summed E-state index contributed by atoms with van der Waals surface area (Å²) in [6.07, 6.45) is 0.633. The number of aromatic nitrogens is 2. The lowest BCUT2D eigenvalue weighted by atomic mass is 10.1. The Labute approximate surface area is 216 Å². The third-order valence-electron chi connectivity index (χ3n) is 6.32. The molecule has 0 saturated heterocycles. The lowest BCUT2D eigenvalue weighted by molar-refractivity contribution is 0.0657. The molecule has 0 saturated carbocycles. The Kier molecular flexibility index (Phi) is 7.87. The van der Waals surface area contributed by atoms with E-state index in [0.717, 1.165) is 16.8 Å². The number of rotatable bonds is 8. The van der Waals surface area contributed by atoms with Crippen LogP contribution in [0.3, 0.4) is 0 Å². The third-order valence-corrected chi connectivity index (χ3v) is 6.55. The van der Waals surface area contributed by atoms with E-state index in [1.54, 1.807) is 46.9 Å². The molecule has 36 heavy (non-hydrogen) atoms. The van der Waals surface area contributed by atoms with Crippen molar-refractivity contribution in [3.8, 4) is 5.69 Å². The molecule has 1 unspecified atom stereocenters. The molecule has 6 nitrogen and oxygen atoms in total. The summed E-state index contributed by atoms with van der Waals surface area (Å²) in [6, 6.07) is 19.6. The molecule has 1 aromatic heterocycles. The lowest BCUT2D eigenvalue weighted by Crippen LogP contribution is -2.38. The molecule has 0 aliphatic rings. The van der Waals surface area contributed by atoms with Gasteiger partial charge in [0.05, 0.1) is 22.6 Å². The smallest absolute Gasteiger partial charge is 0.266 e. The average molecular weight is 504 g/mol. The first-order valence-corrected chi connectivity index (χ1v) is 12.3. The average Bonchev–Trinajstić information content (AvgIpc) is 2.86. The zero-order chi connectivity index (χ0) is 25.8. The number of methoxy groups -OCH3 is 1. The van der Waals surface area contributed by atoms with Crippen LogP contribution in [0.2, 0.25) is 5.02 Å². The van der Waals surface area contributed by atoms with Crippen LogP contribution in [0, 0.1) is 13.8 Å². The number of benzene rings is 3. The second-order valence-electron chi connectivity index (χ2n) is 8.95. The fourth-order valence-corrected chi connectivity index (χ4v) is 4.69. The first-order valence-electron chi connectivity index (χ1n) is 12.0. The van der Waals surface area contributed by atoms with Gasteiger partial charge in [-0.25, -0.2) is 4.98 Å². The number of para-hydroxylation sites is 1. The van der Waals surface area contributed by atoms with Crippen LogP contribution in [0.15, 0.2) is 71.5 Å². The van der Waals surface area contributed by atoms with Crippen molar-refractivity contribution in [1.29, 1.82) is 0 Å². The van der Waals surface area contributed by atoms with E-state index in [1.807, 2.05) is 57.2 Å². The second-order valence-corrected chi connectivity index (χ2v) is 9.39. The van der Waals surface area contributed by atoms with Gasteiger partial charge in [-0.05, 0) is 69.2 Å². The topological polar surface area (TPSA) is 64.4 Å². The fourth-order valence-electron chi connectivity index (χ4n) is 4.50. The molecule has 0 N–H and O–H groups in total. The van der Waals surface area contributed by atoms with E-state index in [0.29, 0.717) is 46.9 Å². The van der Waals surface area contributed by atoms with Gasteiger partial charge in [0.2, 0.25) is 0 Å². The van der Waals surface area contributed by atoms with Gasteiger partial charge in [-0.2, -0.15) is 0 Å². The van der Waals surface area contributed by atoms with Gasteiger partial charge < -0.3 is 9.64 Å². The van der Waals surface area contributed by atoms with Crippen LogP contribution in [0.25, 0.3) is 16.6 Å². The molecule has 1 amide bonds. The van der Waals surface area contributed by atoms with Crippen LogP contribution in [0.5, 0.6) is 0 Å². The number of carbonyl (C=O) groups is 1. The molecule has 3 aromatic carbocycles. The molecule has 1 atom stereocenters. The molecule has 4 rings (SSSR count). The molecule has 1 heterocycles. The largest absolute Gasteiger partial charge is 0.385 e. The van der Waals surface area contributed by atoms with Crippen molar-refractivity contribution in [3.05, 3.63) is 105 Å². The zero-order valence-electron chi connectivity index (χ0n) is 21.0. The van der Waals surface area contributed by atoms with Gasteiger partial charge in [-0.15, -0.1) is 0 Å². The Balaban J connectivity index is 1.91. The molecule has 0 bridgehead atoms. The van der Waals surface area contributed by atoms with Crippen LogP contribution < -0.4 is 5.56 Å². The summed E-state index contributed by atoms with van der Waals surface area (Å²) >= 11 is 6.19. The van der Waals surface area contributed by atoms with Gasteiger partial charge in [-0.1, -0.05) is 47.5 Å². The van der Waals surface area contributed by atoms with E-state index >= 15 is 0 Å². The molecule has 4 aromatic rings. The van der Waals surface area contributed by atoms with Crippen LogP contribution in [0.1, 0.15) is 46.7 Å². The lowest BCUT2D eigenvalue weighted by Gasteiger charge is -2.31. The summed E-state index contributed by atoms with van der Waals surface area (Å²) in [5.41, 5.74) is 3.71. The summed E-state index contributed by atoms with van der Waals surface area (Å²) in [7, 11) is 1.63. The Hall–Kier alpha value is -3.48. The minimum atomic E-state index is -0.508. The maximum Gasteiger partial charge on any atom is 0.266 e. The maximum atomic E-state index is 13.8. The van der Waals surface area contributed by atoms with E-state index in [-0.39, 0.29) is 11.5 Å². The number of amides is 1. The monoisotopic (exact) mass is 503 g/mol. The minimum absolute atomic E-state index is 0.165. The molecule has 186 valence electrons. The van der Waals surface area contributed by atoms with Gasteiger partial charge in [0.15, 0.2) is 0 Å². The van der Waals surface area contributed by atoms with Gasteiger partial charge >= 0.3 is 0 Å². The Morgan fingerprint density at radius 1 is 1.08 bits per heavy atom. The first-order chi connectivity index (χ1) is 17.3. The van der Waals surface area contributed by atoms with Crippen LogP contribution in [0.4, 0.5) is 0 Å². The number of hydrogen-bond acceptors (Lipinski definition) is 4. The first kappa shape index (κ1) is 25.6. The molecule has 0 radical (unpaired) electrons. The highest BCUT2D eigenvalue weighted by atomic mass is 35.5. The number of fused-ring (bicyclic) bond motifs is 1. The Morgan fingerprint density at radius 3 is 2.58 bits per heavy atom. The highest BCUT2D eigenvalue weighted by Crippen LogP contribution is 2.27. The molecule has 0 spiro atoms. The van der Waals surface area contributed by atoms with Gasteiger partial charge in [0.1, 0.15) is 5.82 Å². The second kappa shape index (κ2) is 11.1. The number of ether oxygens (including phenoxy) is 1. The van der Waals surface area contributed by atoms with Crippen molar-refractivity contribution in [2.45, 2.75) is 33.2 Å². The summed E-state index contributed by atoms with van der Waals surface area (Å²) in [5, 5.41) is 1.02. The van der Waals surface area contributed by atoms with Gasteiger partial charge in [0.25, 0.3) is 11.5 Å². The van der Waals surface area contributed by atoms with Crippen molar-refractivity contribution in [2.24, 2.45) is 0 Å². The Bertz CT molecular complexity index is 1460. The summed E-state index contributed by atoms with van der Waals surface area (Å²) < 4.78 is 6.90. The molecular weight excluding hydrogens is 474 g/mol. The van der Waals surface area contributed by atoms with Gasteiger partial charge in [0, 0.05) is 30.8 Å². The van der Waals surface area contributed by atoms with E-state index in [9.17, 15) is 9.59 Å². The molecule has 0 fully saturated rings. The van der Waals surface area contributed by atoms with E-state index in [2.05, 4.69) is 0 Å². The van der Waals surface area contributed by atoms with Crippen LogP contribution in [-0.2, 0) is 4.74 Å². The fraction of sp³-hybridized carbons (Fsp3) is 0.276. The number of hydrogen-bond donors (Lipinski definition) is 0. The van der Waals surface area contributed by atoms with Crippen molar-refractivity contribution < 1.29 is 9.53 Å².